The Bertz CT molecular complexity index is 1700. The van der Waals surface area contributed by atoms with Gasteiger partial charge in [0.2, 0.25) is 0 Å². The highest BCUT2D eigenvalue weighted by Crippen LogP contribution is 2.32. The van der Waals surface area contributed by atoms with Crippen LogP contribution in [0.1, 0.15) is 11.1 Å². The van der Waals surface area contributed by atoms with E-state index in [-0.39, 0.29) is 0 Å². The molecule has 0 saturated carbocycles. The number of hydrogen-bond donors (Lipinski definition) is 0. The Morgan fingerprint density at radius 3 is 2.26 bits per heavy atom. The fourth-order valence-electron chi connectivity index (χ4n) is 4.21. The van der Waals surface area contributed by atoms with Crippen molar-refractivity contribution in [2.45, 2.75) is 0 Å². The van der Waals surface area contributed by atoms with E-state index < -0.39 is 0 Å². The van der Waals surface area contributed by atoms with Gasteiger partial charge in [0.05, 0.1) is 11.2 Å². The van der Waals surface area contributed by atoms with Gasteiger partial charge < -0.3 is 0 Å². The van der Waals surface area contributed by atoms with E-state index in [9.17, 15) is 0 Å². The first-order valence-corrected chi connectivity index (χ1v) is 12.0. The van der Waals surface area contributed by atoms with E-state index in [1.807, 2.05) is 83.6 Å². The molecule has 0 aliphatic heterocycles. The van der Waals surface area contributed by atoms with Gasteiger partial charge in [0.15, 0.2) is 5.65 Å². The predicted molar refractivity (Wildman–Crippen MR) is 147 cm³/mol. The van der Waals surface area contributed by atoms with Crippen LogP contribution < -0.4 is 0 Å². The lowest BCUT2D eigenvalue weighted by atomic mass is 10.1. The summed E-state index contributed by atoms with van der Waals surface area (Å²) in [6.45, 7) is 0. The van der Waals surface area contributed by atoms with Crippen LogP contribution in [0.3, 0.4) is 0 Å². The predicted octanol–water partition coefficient (Wildman–Crippen LogP) is 8.72. The summed E-state index contributed by atoms with van der Waals surface area (Å²) >= 11 is 12.4. The van der Waals surface area contributed by atoms with Crippen LogP contribution in [0.15, 0.2) is 103 Å². The van der Waals surface area contributed by atoms with Crippen LogP contribution in [0.25, 0.3) is 51.0 Å². The number of hydrogen-bond acceptors (Lipinski definition) is 2. The molecule has 3 nitrogen and oxygen atoms in total. The second kappa shape index (κ2) is 9.03. The average molecular weight is 492 g/mol. The molecular formula is C30H19Cl2N3. The van der Waals surface area contributed by atoms with Crippen molar-refractivity contribution in [1.82, 2.24) is 14.8 Å². The number of halogens is 2. The fourth-order valence-corrected chi connectivity index (χ4v) is 4.68. The lowest BCUT2D eigenvalue weighted by molar-refractivity contribution is 0.903. The van der Waals surface area contributed by atoms with Crippen LogP contribution in [0.5, 0.6) is 0 Å². The summed E-state index contributed by atoms with van der Waals surface area (Å²) in [6.07, 6.45) is 4.04. The molecule has 0 saturated heterocycles. The second-order valence-corrected chi connectivity index (χ2v) is 9.12. The molecule has 0 N–H and O–H groups in total. The van der Waals surface area contributed by atoms with Gasteiger partial charge in [0.25, 0.3) is 0 Å². The molecule has 0 atom stereocenters. The Morgan fingerprint density at radius 1 is 0.714 bits per heavy atom. The van der Waals surface area contributed by atoms with Gasteiger partial charge in [-0.25, -0.2) is 9.67 Å². The van der Waals surface area contributed by atoms with Crippen LogP contribution in [0.2, 0.25) is 10.0 Å². The first kappa shape index (κ1) is 21.6. The van der Waals surface area contributed by atoms with Crippen LogP contribution in [-0.2, 0) is 0 Å². The SMILES string of the molecule is Clc1ccc(/C=C/c2ccc3nc4c(cc3c2)c(-c2ccccc2)nn4-c2ccccc2)c(Cl)c1. The van der Waals surface area contributed by atoms with Crippen LogP contribution in [0, 0.1) is 0 Å². The second-order valence-electron chi connectivity index (χ2n) is 8.27. The van der Waals surface area contributed by atoms with Crippen molar-refractivity contribution in [3.8, 4) is 16.9 Å². The number of para-hydroxylation sites is 1. The zero-order chi connectivity index (χ0) is 23.8. The highest BCUT2D eigenvalue weighted by Gasteiger charge is 2.16. The lowest BCUT2D eigenvalue weighted by Crippen LogP contribution is -1.97. The molecule has 0 fully saturated rings. The van der Waals surface area contributed by atoms with Crippen molar-refractivity contribution in [2.75, 3.05) is 0 Å². The van der Waals surface area contributed by atoms with Gasteiger partial charge in [-0.05, 0) is 53.6 Å². The maximum absolute atomic E-state index is 6.33. The normalized spacial score (nSPS) is 11.6. The number of rotatable bonds is 4. The van der Waals surface area contributed by atoms with Crippen molar-refractivity contribution >= 4 is 57.3 Å². The minimum absolute atomic E-state index is 0.623. The first-order valence-electron chi connectivity index (χ1n) is 11.2. The topological polar surface area (TPSA) is 30.7 Å². The zero-order valence-corrected chi connectivity index (χ0v) is 20.1. The Morgan fingerprint density at radius 2 is 1.49 bits per heavy atom. The molecule has 0 bridgehead atoms. The van der Waals surface area contributed by atoms with Crippen LogP contribution in [-0.4, -0.2) is 14.8 Å². The van der Waals surface area contributed by atoms with Crippen molar-refractivity contribution < 1.29 is 0 Å². The van der Waals surface area contributed by atoms with Crippen LogP contribution in [0.4, 0.5) is 0 Å². The molecule has 0 aliphatic rings. The Hall–Kier alpha value is -3.92. The minimum atomic E-state index is 0.623. The zero-order valence-electron chi connectivity index (χ0n) is 18.6. The Kier molecular flexibility index (Phi) is 5.57. The summed E-state index contributed by atoms with van der Waals surface area (Å²) in [5, 5.41) is 8.29. The first-order chi connectivity index (χ1) is 17.2. The average Bonchev–Trinajstić information content (AvgIpc) is 3.26. The van der Waals surface area contributed by atoms with Gasteiger partial charge in [0, 0.05) is 26.4 Å². The van der Waals surface area contributed by atoms with Gasteiger partial charge >= 0.3 is 0 Å². The van der Waals surface area contributed by atoms with Crippen LogP contribution >= 0.6 is 23.2 Å². The van der Waals surface area contributed by atoms with E-state index in [1.54, 1.807) is 6.07 Å². The third-order valence-corrected chi connectivity index (χ3v) is 6.50. The highest BCUT2D eigenvalue weighted by molar-refractivity contribution is 6.35. The summed E-state index contributed by atoms with van der Waals surface area (Å²) in [5.41, 5.74) is 6.66. The standard InChI is InChI=1S/C30H19Cl2N3/c31-24-15-14-21(27(32)19-24)13-11-20-12-16-28-23(17-20)18-26-29(22-7-3-1-4-8-22)34-35(30(26)33-28)25-9-5-2-6-10-25/h1-19H/b13-11+. The number of aromatic nitrogens is 3. The highest BCUT2D eigenvalue weighted by atomic mass is 35.5. The Labute approximate surface area is 212 Å². The smallest absolute Gasteiger partial charge is 0.164 e. The summed E-state index contributed by atoms with van der Waals surface area (Å²) in [6, 6.07) is 34.3. The quantitative estimate of drug-likeness (QED) is 0.231. The summed E-state index contributed by atoms with van der Waals surface area (Å²) in [7, 11) is 0. The summed E-state index contributed by atoms with van der Waals surface area (Å²) in [5.74, 6) is 0. The van der Waals surface area contributed by atoms with E-state index >= 15 is 0 Å². The van der Waals surface area contributed by atoms with E-state index in [1.165, 1.54) is 0 Å². The minimum Gasteiger partial charge on any atom is -0.228 e. The maximum atomic E-state index is 6.33. The molecule has 4 aromatic carbocycles. The largest absolute Gasteiger partial charge is 0.228 e. The number of nitrogens with zero attached hydrogens (tertiary/aromatic N) is 3. The van der Waals surface area contributed by atoms with Gasteiger partial charge in [-0.3, -0.25) is 0 Å². The molecule has 0 aliphatic carbocycles. The van der Waals surface area contributed by atoms with E-state index in [0.717, 1.165) is 50.0 Å². The summed E-state index contributed by atoms with van der Waals surface area (Å²) in [4.78, 5) is 5.02. The molecule has 0 spiro atoms. The summed E-state index contributed by atoms with van der Waals surface area (Å²) < 4.78 is 1.92. The molecule has 35 heavy (non-hydrogen) atoms. The molecule has 2 heterocycles. The van der Waals surface area contributed by atoms with Gasteiger partial charge in [-0.15, -0.1) is 0 Å². The molecule has 6 aromatic rings. The Balaban J connectivity index is 1.50. The molecule has 0 unspecified atom stereocenters. The molecule has 2 aromatic heterocycles. The number of fused-ring (bicyclic) bond motifs is 2. The van der Waals surface area contributed by atoms with Gasteiger partial charge in [-0.2, -0.15) is 5.10 Å². The lowest BCUT2D eigenvalue weighted by Gasteiger charge is -2.04. The van der Waals surface area contributed by atoms with Crippen molar-refractivity contribution in [1.29, 1.82) is 0 Å². The van der Waals surface area contributed by atoms with E-state index in [0.29, 0.717) is 10.0 Å². The van der Waals surface area contributed by atoms with Gasteiger partial charge in [0.1, 0.15) is 5.69 Å². The van der Waals surface area contributed by atoms with Crippen molar-refractivity contribution in [3.05, 3.63) is 124 Å². The van der Waals surface area contributed by atoms with Crippen molar-refractivity contribution in [2.24, 2.45) is 0 Å². The van der Waals surface area contributed by atoms with E-state index in [4.69, 9.17) is 33.3 Å². The third kappa shape index (κ3) is 4.21. The monoisotopic (exact) mass is 491 g/mol. The molecule has 6 rings (SSSR count). The molecule has 5 heteroatoms. The number of pyridine rings is 1. The molecular weight excluding hydrogens is 473 g/mol. The van der Waals surface area contributed by atoms with Gasteiger partial charge in [-0.1, -0.05) is 96.0 Å². The third-order valence-electron chi connectivity index (χ3n) is 5.94. The number of benzene rings is 4. The fraction of sp³-hybridized carbons (Fsp3) is 0. The molecule has 0 amide bonds. The molecule has 168 valence electrons. The van der Waals surface area contributed by atoms with Crippen molar-refractivity contribution in [3.63, 3.8) is 0 Å². The van der Waals surface area contributed by atoms with E-state index in [2.05, 4.69) is 30.3 Å². The molecule has 0 radical (unpaired) electrons. The maximum Gasteiger partial charge on any atom is 0.164 e.